The topological polar surface area (TPSA) is 46.5 Å². The Morgan fingerprint density at radius 2 is 1.42 bits per heavy atom. The fraction of sp³-hybridized carbons (Fsp3) is 0.0638. The standard InChI is InChI=1S/C47H34BN3O2/c1-27-21-36(34-24-35-32-13-8-10-16-41(32)52-44(35)26-38(34)49-30-17-19-31(20-18-30)50(2)3)46-47-45(27)33-14-7-9-15-39(33)51(47)40-22-29-23-42(28-11-5-4-6-12-28)53-43(29)25-37(40)48-46/h4-26,48-49H,1-3H3. The number of aryl methyl sites for hydroxylation is 1. The molecule has 0 saturated heterocycles. The van der Waals surface area contributed by atoms with Crippen LogP contribution in [0.1, 0.15) is 5.56 Å². The number of anilines is 3. The van der Waals surface area contributed by atoms with E-state index in [1.807, 2.05) is 12.1 Å². The van der Waals surface area contributed by atoms with Crippen LogP contribution in [0.15, 0.2) is 148 Å². The molecule has 1 aliphatic rings. The highest BCUT2D eigenvalue weighted by molar-refractivity contribution is 6.73. The maximum Gasteiger partial charge on any atom is 0.198 e. The van der Waals surface area contributed by atoms with Gasteiger partial charge >= 0.3 is 0 Å². The van der Waals surface area contributed by atoms with Crippen molar-refractivity contribution >= 4 is 90.0 Å². The predicted octanol–water partition coefficient (Wildman–Crippen LogP) is 10.6. The molecular weight excluding hydrogens is 649 g/mol. The van der Waals surface area contributed by atoms with E-state index in [2.05, 4.69) is 163 Å². The molecule has 10 aromatic rings. The number of para-hydroxylation sites is 2. The van der Waals surface area contributed by atoms with Gasteiger partial charge in [0.05, 0.1) is 11.2 Å². The van der Waals surface area contributed by atoms with Gasteiger partial charge in [-0.15, -0.1) is 0 Å². The lowest BCUT2D eigenvalue weighted by Gasteiger charge is -2.24. The number of benzene rings is 7. The minimum absolute atomic E-state index is 0.774. The molecule has 11 rings (SSSR count). The number of rotatable bonds is 5. The number of nitrogens with one attached hydrogen (secondary N) is 1. The highest BCUT2D eigenvalue weighted by Gasteiger charge is 2.29. The van der Waals surface area contributed by atoms with Crippen LogP contribution in [-0.4, -0.2) is 25.9 Å². The Hall–Kier alpha value is -6.66. The third-order valence-electron chi connectivity index (χ3n) is 11.1. The molecule has 0 bridgehead atoms. The first kappa shape index (κ1) is 30.0. The van der Waals surface area contributed by atoms with Crippen molar-refractivity contribution in [2.24, 2.45) is 0 Å². The smallest absolute Gasteiger partial charge is 0.198 e. The molecule has 0 amide bonds. The first-order valence-electron chi connectivity index (χ1n) is 18.2. The molecule has 252 valence electrons. The summed E-state index contributed by atoms with van der Waals surface area (Å²) in [6, 6.07) is 49.8. The van der Waals surface area contributed by atoms with E-state index in [4.69, 9.17) is 8.83 Å². The minimum atomic E-state index is 0.774. The number of fused-ring (bicyclic) bond motifs is 9. The van der Waals surface area contributed by atoms with E-state index >= 15 is 0 Å². The van der Waals surface area contributed by atoms with Crippen molar-refractivity contribution < 1.29 is 8.83 Å². The van der Waals surface area contributed by atoms with Crippen LogP contribution in [0.25, 0.3) is 82.9 Å². The van der Waals surface area contributed by atoms with Crippen LogP contribution in [0.4, 0.5) is 17.1 Å². The summed E-state index contributed by atoms with van der Waals surface area (Å²) in [5.74, 6) is 0.884. The number of hydrogen-bond donors (Lipinski definition) is 1. The van der Waals surface area contributed by atoms with E-state index in [0.717, 1.165) is 74.1 Å². The Bertz CT molecular complexity index is 3100. The Balaban J connectivity index is 1.18. The van der Waals surface area contributed by atoms with Crippen molar-refractivity contribution in [3.63, 3.8) is 0 Å². The molecule has 0 unspecified atom stereocenters. The molecule has 0 fully saturated rings. The summed E-state index contributed by atoms with van der Waals surface area (Å²) < 4.78 is 15.5. The minimum Gasteiger partial charge on any atom is -0.456 e. The average molecular weight is 684 g/mol. The highest BCUT2D eigenvalue weighted by atomic mass is 16.3. The van der Waals surface area contributed by atoms with Crippen LogP contribution >= 0.6 is 0 Å². The molecule has 3 aromatic heterocycles. The fourth-order valence-electron chi connectivity index (χ4n) is 8.60. The summed E-state index contributed by atoms with van der Waals surface area (Å²) in [5.41, 5.74) is 16.8. The molecule has 0 aliphatic carbocycles. The molecule has 7 aromatic carbocycles. The Labute approximate surface area is 306 Å². The van der Waals surface area contributed by atoms with Gasteiger partial charge in [0.1, 0.15) is 22.5 Å². The highest BCUT2D eigenvalue weighted by Crippen LogP contribution is 2.43. The summed E-state index contributed by atoms with van der Waals surface area (Å²) in [5, 5.41) is 9.73. The Kier molecular flexibility index (Phi) is 6.33. The summed E-state index contributed by atoms with van der Waals surface area (Å²) in [6.07, 6.45) is 0. The second-order valence-corrected chi connectivity index (χ2v) is 14.5. The third-order valence-corrected chi connectivity index (χ3v) is 11.1. The first-order valence-corrected chi connectivity index (χ1v) is 18.2. The van der Waals surface area contributed by atoms with E-state index in [-0.39, 0.29) is 0 Å². The van der Waals surface area contributed by atoms with Gasteiger partial charge in [0.15, 0.2) is 7.28 Å². The molecule has 0 saturated carbocycles. The summed E-state index contributed by atoms with van der Waals surface area (Å²) >= 11 is 0. The second-order valence-electron chi connectivity index (χ2n) is 14.5. The number of furan rings is 2. The van der Waals surface area contributed by atoms with E-state index in [1.165, 1.54) is 49.5 Å². The van der Waals surface area contributed by atoms with Gasteiger partial charge < -0.3 is 23.6 Å². The maximum absolute atomic E-state index is 6.54. The quantitative estimate of drug-likeness (QED) is 0.184. The predicted molar refractivity (Wildman–Crippen MR) is 224 cm³/mol. The van der Waals surface area contributed by atoms with E-state index in [0.29, 0.717) is 0 Å². The molecule has 0 spiro atoms. The molecule has 53 heavy (non-hydrogen) atoms. The van der Waals surface area contributed by atoms with Crippen LogP contribution in [0.2, 0.25) is 0 Å². The maximum atomic E-state index is 6.54. The summed E-state index contributed by atoms with van der Waals surface area (Å²) in [4.78, 5) is 2.12. The third kappa shape index (κ3) is 4.52. The Morgan fingerprint density at radius 3 is 2.25 bits per heavy atom. The van der Waals surface area contributed by atoms with Crippen LogP contribution in [0.5, 0.6) is 0 Å². The fourth-order valence-corrected chi connectivity index (χ4v) is 8.60. The second kappa shape index (κ2) is 11.2. The number of nitrogens with zero attached hydrogens (tertiary/aromatic N) is 2. The molecule has 5 nitrogen and oxygen atoms in total. The van der Waals surface area contributed by atoms with Gasteiger partial charge in [-0.1, -0.05) is 78.3 Å². The van der Waals surface area contributed by atoms with Crippen molar-refractivity contribution in [1.29, 1.82) is 0 Å². The van der Waals surface area contributed by atoms with E-state index in [1.54, 1.807) is 0 Å². The molecule has 1 aliphatic heterocycles. The molecular formula is C47H34BN3O2. The van der Waals surface area contributed by atoms with Gasteiger partial charge in [-0.2, -0.15) is 0 Å². The summed E-state index contributed by atoms with van der Waals surface area (Å²) in [7, 11) is 4.91. The molecule has 1 N–H and O–H groups in total. The van der Waals surface area contributed by atoms with Crippen molar-refractivity contribution in [2.75, 3.05) is 24.3 Å². The SMILES string of the molecule is Cc1cc(-c2cc3c(cc2Nc2ccc(N(C)C)cc2)oc2ccccc23)c2c3c1c1ccccc1n3-c1cc3cc(-c4ccccc4)oc3cc1B2. The van der Waals surface area contributed by atoms with Gasteiger partial charge in [-0.3, -0.25) is 0 Å². The number of aromatic nitrogens is 1. The molecule has 0 atom stereocenters. The van der Waals surface area contributed by atoms with Gasteiger partial charge in [0.2, 0.25) is 0 Å². The van der Waals surface area contributed by atoms with Crippen LogP contribution in [0.3, 0.4) is 0 Å². The lowest BCUT2D eigenvalue weighted by molar-refractivity contribution is 0.632. The Morgan fingerprint density at radius 1 is 0.642 bits per heavy atom. The van der Waals surface area contributed by atoms with E-state index in [9.17, 15) is 0 Å². The van der Waals surface area contributed by atoms with Gasteiger partial charge in [0.25, 0.3) is 0 Å². The van der Waals surface area contributed by atoms with Gasteiger partial charge in [-0.05, 0) is 84.2 Å². The lowest BCUT2D eigenvalue weighted by atomic mass is 9.58. The average Bonchev–Trinajstić information content (AvgIpc) is 3.88. The van der Waals surface area contributed by atoms with Crippen molar-refractivity contribution in [3.8, 4) is 28.1 Å². The van der Waals surface area contributed by atoms with Crippen molar-refractivity contribution in [2.45, 2.75) is 6.92 Å². The van der Waals surface area contributed by atoms with E-state index < -0.39 is 0 Å². The largest absolute Gasteiger partial charge is 0.456 e. The van der Waals surface area contributed by atoms with Crippen LogP contribution in [-0.2, 0) is 0 Å². The van der Waals surface area contributed by atoms with Crippen LogP contribution < -0.4 is 21.1 Å². The molecule has 4 heterocycles. The van der Waals surface area contributed by atoms with Crippen molar-refractivity contribution in [1.82, 2.24) is 4.57 Å². The van der Waals surface area contributed by atoms with Gasteiger partial charge in [-0.25, -0.2) is 0 Å². The molecule has 0 radical (unpaired) electrons. The zero-order valence-electron chi connectivity index (χ0n) is 29.7. The van der Waals surface area contributed by atoms with Crippen LogP contribution in [0, 0.1) is 6.92 Å². The summed E-state index contributed by atoms with van der Waals surface area (Å²) in [6.45, 7) is 2.26. The van der Waals surface area contributed by atoms with Gasteiger partial charge in [0, 0.05) is 80.8 Å². The number of hydrogen-bond acceptors (Lipinski definition) is 4. The first-order chi connectivity index (χ1) is 26.0. The zero-order valence-corrected chi connectivity index (χ0v) is 29.7. The molecule has 6 heteroatoms. The zero-order chi connectivity index (χ0) is 35.4. The monoisotopic (exact) mass is 683 g/mol. The normalized spacial score (nSPS) is 12.2. The lowest BCUT2D eigenvalue weighted by Crippen LogP contribution is -2.37. The van der Waals surface area contributed by atoms with Crippen molar-refractivity contribution in [3.05, 3.63) is 145 Å².